The van der Waals surface area contributed by atoms with E-state index in [-0.39, 0.29) is 5.91 Å². The largest absolute Gasteiger partial charge is 0.381 e. The van der Waals surface area contributed by atoms with Gasteiger partial charge in [-0.1, -0.05) is 5.16 Å². The molecule has 2 aromatic heterocycles. The van der Waals surface area contributed by atoms with E-state index in [9.17, 15) is 4.79 Å². The Labute approximate surface area is 151 Å². The maximum atomic E-state index is 12.6. The van der Waals surface area contributed by atoms with Crippen molar-refractivity contribution in [3.05, 3.63) is 35.1 Å². The molecule has 1 N–H and O–H groups in total. The number of carbonyl (C=O) groups is 1. The van der Waals surface area contributed by atoms with Gasteiger partial charge in [0.05, 0.1) is 12.3 Å². The molecule has 2 aliphatic heterocycles. The molecule has 0 unspecified atom stereocenters. The summed E-state index contributed by atoms with van der Waals surface area (Å²) in [6, 6.07) is 1.60. The van der Waals surface area contributed by atoms with Crippen LogP contribution in [0.2, 0.25) is 0 Å². The Bertz CT molecular complexity index is 771. The van der Waals surface area contributed by atoms with Gasteiger partial charge >= 0.3 is 0 Å². The molecule has 0 saturated carbocycles. The van der Waals surface area contributed by atoms with Gasteiger partial charge < -0.3 is 19.5 Å². The van der Waals surface area contributed by atoms with Gasteiger partial charge in [0.25, 0.3) is 5.91 Å². The Hall–Kier alpha value is -2.48. The van der Waals surface area contributed by atoms with E-state index in [4.69, 9.17) is 9.26 Å². The van der Waals surface area contributed by atoms with Crippen molar-refractivity contribution in [2.24, 2.45) is 5.92 Å². The van der Waals surface area contributed by atoms with Gasteiger partial charge in [0.2, 0.25) is 0 Å². The highest BCUT2D eigenvalue weighted by Crippen LogP contribution is 2.23. The molecule has 0 radical (unpaired) electrons. The predicted molar refractivity (Wildman–Crippen MR) is 94.0 cm³/mol. The van der Waals surface area contributed by atoms with Gasteiger partial charge in [-0.3, -0.25) is 4.79 Å². The molecule has 0 aromatic carbocycles. The Morgan fingerprint density at radius 1 is 1.35 bits per heavy atom. The first-order valence-electron chi connectivity index (χ1n) is 9.08. The molecule has 2 aromatic rings. The fraction of sp³-hybridized carbons (Fsp3) is 0.556. The van der Waals surface area contributed by atoms with Crippen LogP contribution >= 0.6 is 0 Å². The summed E-state index contributed by atoms with van der Waals surface area (Å²) in [5.41, 5.74) is 2.49. The number of fused-ring (bicyclic) bond motifs is 1. The molecule has 26 heavy (non-hydrogen) atoms. The number of rotatable bonds is 4. The Morgan fingerprint density at radius 2 is 2.23 bits per heavy atom. The van der Waals surface area contributed by atoms with Crippen LogP contribution in [-0.2, 0) is 17.6 Å². The number of ether oxygens (including phenoxy) is 1. The number of aryl methyl sites for hydroxylation is 1. The van der Waals surface area contributed by atoms with Crippen molar-refractivity contribution in [1.29, 1.82) is 0 Å². The summed E-state index contributed by atoms with van der Waals surface area (Å²) in [6.07, 6.45) is 3.94. The summed E-state index contributed by atoms with van der Waals surface area (Å²) in [4.78, 5) is 23.6. The zero-order chi connectivity index (χ0) is 17.9. The number of nitrogens with one attached hydrogen (secondary N) is 1. The van der Waals surface area contributed by atoms with Crippen LogP contribution in [0.5, 0.6) is 0 Å². The SMILES string of the molecule is Cc1nc2c(c(NC[C@@H]3CCOC3)n1)CCN(C(=O)c1ccon1)CC2. The maximum absolute atomic E-state index is 12.6. The molecule has 4 heterocycles. The van der Waals surface area contributed by atoms with Gasteiger partial charge in [-0.25, -0.2) is 9.97 Å². The summed E-state index contributed by atoms with van der Waals surface area (Å²) in [5, 5.41) is 7.25. The lowest BCUT2D eigenvalue weighted by molar-refractivity contribution is 0.0752. The minimum absolute atomic E-state index is 0.103. The van der Waals surface area contributed by atoms with Crippen LogP contribution in [0.3, 0.4) is 0 Å². The summed E-state index contributed by atoms with van der Waals surface area (Å²) >= 11 is 0. The zero-order valence-electron chi connectivity index (χ0n) is 14.9. The molecule has 1 atom stereocenters. The van der Waals surface area contributed by atoms with Crippen LogP contribution in [0.25, 0.3) is 0 Å². The van der Waals surface area contributed by atoms with Gasteiger partial charge in [-0.15, -0.1) is 0 Å². The van der Waals surface area contributed by atoms with Crippen LogP contribution < -0.4 is 5.32 Å². The van der Waals surface area contributed by atoms with E-state index in [1.807, 2.05) is 11.8 Å². The fourth-order valence-electron chi connectivity index (χ4n) is 3.54. The molecular weight excluding hydrogens is 334 g/mol. The Balaban J connectivity index is 1.49. The van der Waals surface area contributed by atoms with Gasteiger partial charge in [-0.2, -0.15) is 0 Å². The molecule has 8 nitrogen and oxygen atoms in total. The second-order valence-corrected chi connectivity index (χ2v) is 6.83. The van der Waals surface area contributed by atoms with Crippen molar-refractivity contribution in [3.63, 3.8) is 0 Å². The van der Waals surface area contributed by atoms with Crippen molar-refractivity contribution < 1.29 is 14.1 Å². The predicted octanol–water partition coefficient (Wildman–Crippen LogP) is 1.46. The minimum atomic E-state index is -0.103. The number of nitrogens with zero attached hydrogens (tertiary/aromatic N) is 4. The molecule has 0 aliphatic carbocycles. The molecule has 1 saturated heterocycles. The average Bonchev–Trinajstić information content (AvgIpc) is 3.30. The smallest absolute Gasteiger partial charge is 0.276 e. The van der Waals surface area contributed by atoms with E-state index in [2.05, 4.69) is 20.4 Å². The second kappa shape index (κ2) is 7.41. The molecule has 8 heteroatoms. The maximum Gasteiger partial charge on any atom is 0.276 e. The van der Waals surface area contributed by atoms with E-state index in [0.29, 0.717) is 31.1 Å². The first-order valence-corrected chi connectivity index (χ1v) is 9.08. The number of hydrogen-bond donors (Lipinski definition) is 1. The standard InChI is InChI=1S/C18H23N5O3/c1-12-20-15-3-7-23(18(24)16-5-9-26-22-16)6-2-14(15)17(21-12)19-10-13-4-8-25-11-13/h5,9,13H,2-4,6-8,10-11H2,1H3,(H,19,20,21)/t13-/m0/s1. The topological polar surface area (TPSA) is 93.4 Å². The van der Waals surface area contributed by atoms with Crippen LogP contribution in [0, 0.1) is 12.8 Å². The number of anilines is 1. The van der Waals surface area contributed by atoms with E-state index in [1.54, 1.807) is 6.07 Å². The number of carbonyl (C=O) groups excluding carboxylic acids is 1. The fourth-order valence-corrected chi connectivity index (χ4v) is 3.54. The van der Waals surface area contributed by atoms with Crippen LogP contribution in [0.4, 0.5) is 5.82 Å². The third-order valence-electron chi connectivity index (χ3n) is 4.98. The highest BCUT2D eigenvalue weighted by molar-refractivity contribution is 5.92. The van der Waals surface area contributed by atoms with E-state index in [0.717, 1.165) is 55.5 Å². The van der Waals surface area contributed by atoms with E-state index in [1.165, 1.54) is 6.26 Å². The molecule has 1 fully saturated rings. The van der Waals surface area contributed by atoms with Crippen molar-refractivity contribution in [2.75, 3.05) is 38.2 Å². The highest BCUT2D eigenvalue weighted by atomic mass is 16.5. The Kier molecular flexibility index (Phi) is 4.83. The third-order valence-corrected chi connectivity index (χ3v) is 4.98. The molecule has 1 amide bonds. The second-order valence-electron chi connectivity index (χ2n) is 6.83. The lowest BCUT2D eigenvalue weighted by Crippen LogP contribution is -2.33. The molecular formula is C18H23N5O3. The quantitative estimate of drug-likeness (QED) is 0.885. The molecule has 138 valence electrons. The van der Waals surface area contributed by atoms with Crippen LogP contribution in [-0.4, -0.2) is 58.8 Å². The summed E-state index contributed by atoms with van der Waals surface area (Å²) in [7, 11) is 0. The average molecular weight is 357 g/mol. The van der Waals surface area contributed by atoms with Crippen molar-refractivity contribution in [2.45, 2.75) is 26.2 Å². The van der Waals surface area contributed by atoms with Crippen molar-refractivity contribution >= 4 is 11.7 Å². The molecule has 0 spiro atoms. The number of amides is 1. The van der Waals surface area contributed by atoms with Crippen LogP contribution in [0.1, 0.15) is 34.0 Å². The molecule has 4 rings (SSSR count). The summed E-state index contributed by atoms with van der Waals surface area (Å²) in [6.45, 7) is 5.64. The first-order chi connectivity index (χ1) is 12.7. The Morgan fingerprint density at radius 3 is 3.00 bits per heavy atom. The van der Waals surface area contributed by atoms with Gasteiger partial charge in [-0.05, 0) is 19.8 Å². The third kappa shape index (κ3) is 3.55. The monoisotopic (exact) mass is 357 g/mol. The van der Waals surface area contributed by atoms with E-state index < -0.39 is 0 Å². The lowest BCUT2D eigenvalue weighted by atomic mass is 10.1. The minimum Gasteiger partial charge on any atom is -0.381 e. The van der Waals surface area contributed by atoms with Crippen molar-refractivity contribution in [1.82, 2.24) is 20.0 Å². The normalized spacial score (nSPS) is 19.9. The number of aromatic nitrogens is 3. The van der Waals surface area contributed by atoms with Crippen molar-refractivity contribution in [3.8, 4) is 0 Å². The summed E-state index contributed by atoms with van der Waals surface area (Å²) < 4.78 is 10.2. The number of hydrogen-bond acceptors (Lipinski definition) is 7. The first kappa shape index (κ1) is 17.0. The lowest BCUT2D eigenvalue weighted by Gasteiger charge is -2.18. The van der Waals surface area contributed by atoms with Gasteiger partial charge in [0.1, 0.15) is 17.9 Å². The van der Waals surface area contributed by atoms with Gasteiger partial charge in [0, 0.05) is 50.2 Å². The highest BCUT2D eigenvalue weighted by Gasteiger charge is 2.25. The zero-order valence-corrected chi connectivity index (χ0v) is 14.9. The molecule has 0 bridgehead atoms. The summed E-state index contributed by atoms with van der Waals surface area (Å²) in [5.74, 6) is 2.08. The van der Waals surface area contributed by atoms with E-state index >= 15 is 0 Å². The van der Waals surface area contributed by atoms with Crippen LogP contribution in [0.15, 0.2) is 16.9 Å². The molecule has 2 aliphatic rings. The van der Waals surface area contributed by atoms with Gasteiger partial charge in [0.15, 0.2) is 5.69 Å².